The Kier molecular flexibility index (Phi) is 7.32. The van der Waals surface area contributed by atoms with Gasteiger partial charge in [-0.2, -0.15) is 0 Å². The van der Waals surface area contributed by atoms with Crippen molar-refractivity contribution < 1.29 is 13.2 Å². The molecule has 1 fully saturated rings. The van der Waals surface area contributed by atoms with E-state index in [2.05, 4.69) is 10.0 Å². The van der Waals surface area contributed by atoms with Gasteiger partial charge < -0.3 is 10.2 Å². The standard InChI is InChI=1S/C18H27N3O3S.ClH/c1-25(23,24)20-12-10-14-6-2-3-13-21(14)18(22)16-7-4-9-17-15(16)8-5-11-19-17;/h4,7,9,14,19-20H,2-3,5-6,8,10-13H2,1H3;1H. The highest BCUT2D eigenvalue weighted by atomic mass is 35.5. The van der Waals surface area contributed by atoms with Gasteiger partial charge in [0.15, 0.2) is 0 Å². The maximum Gasteiger partial charge on any atom is 0.254 e. The second kappa shape index (κ2) is 9.06. The monoisotopic (exact) mass is 401 g/mol. The lowest BCUT2D eigenvalue weighted by molar-refractivity contribution is 0.0602. The van der Waals surface area contributed by atoms with Gasteiger partial charge in [-0.15, -0.1) is 12.4 Å². The van der Waals surface area contributed by atoms with Crippen LogP contribution in [0.2, 0.25) is 0 Å². The first-order valence-corrected chi connectivity index (χ1v) is 11.0. The van der Waals surface area contributed by atoms with E-state index >= 15 is 0 Å². The van der Waals surface area contributed by atoms with Crippen molar-refractivity contribution in [3.8, 4) is 0 Å². The topological polar surface area (TPSA) is 78.5 Å². The normalized spacial score (nSPS) is 19.9. The molecule has 1 unspecified atom stereocenters. The van der Waals surface area contributed by atoms with Crippen LogP contribution >= 0.6 is 12.4 Å². The van der Waals surface area contributed by atoms with E-state index in [4.69, 9.17) is 0 Å². The molecule has 0 aromatic heterocycles. The number of carbonyl (C=O) groups is 1. The maximum atomic E-state index is 13.2. The van der Waals surface area contributed by atoms with E-state index in [9.17, 15) is 13.2 Å². The van der Waals surface area contributed by atoms with Crippen molar-refractivity contribution in [2.24, 2.45) is 0 Å². The van der Waals surface area contributed by atoms with Crippen LogP contribution < -0.4 is 10.0 Å². The Morgan fingerprint density at radius 3 is 2.88 bits per heavy atom. The van der Waals surface area contributed by atoms with Crippen molar-refractivity contribution in [3.05, 3.63) is 29.3 Å². The van der Waals surface area contributed by atoms with Gasteiger partial charge in [-0.3, -0.25) is 4.79 Å². The van der Waals surface area contributed by atoms with E-state index in [1.165, 1.54) is 6.26 Å². The van der Waals surface area contributed by atoms with Gasteiger partial charge in [0, 0.05) is 36.9 Å². The molecule has 0 saturated carbocycles. The van der Waals surface area contributed by atoms with E-state index in [-0.39, 0.29) is 24.4 Å². The Balaban J connectivity index is 0.00000243. The lowest BCUT2D eigenvalue weighted by Gasteiger charge is -2.36. The number of likely N-dealkylation sites (tertiary alicyclic amines) is 1. The Morgan fingerprint density at radius 2 is 2.12 bits per heavy atom. The van der Waals surface area contributed by atoms with Gasteiger partial charge in [0.05, 0.1) is 6.26 Å². The zero-order valence-electron chi connectivity index (χ0n) is 15.2. The van der Waals surface area contributed by atoms with Crippen LogP contribution in [0.1, 0.15) is 48.0 Å². The molecule has 6 nitrogen and oxygen atoms in total. The highest BCUT2D eigenvalue weighted by Gasteiger charge is 2.29. The number of piperidine rings is 1. The van der Waals surface area contributed by atoms with Gasteiger partial charge in [-0.1, -0.05) is 6.07 Å². The van der Waals surface area contributed by atoms with Crippen LogP contribution in [0.15, 0.2) is 18.2 Å². The molecule has 2 heterocycles. The summed E-state index contributed by atoms with van der Waals surface area (Å²) in [6, 6.07) is 6.00. The summed E-state index contributed by atoms with van der Waals surface area (Å²) < 4.78 is 25.1. The number of carbonyl (C=O) groups excluding carboxylic acids is 1. The van der Waals surface area contributed by atoms with Crippen LogP contribution in [-0.4, -0.2) is 51.2 Å². The molecule has 1 atom stereocenters. The van der Waals surface area contributed by atoms with Crippen molar-refractivity contribution >= 4 is 34.0 Å². The predicted octanol–water partition coefficient (Wildman–Crippen LogP) is 2.40. The van der Waals surface area contributed by atoms with Crippen molar-refractivity contribution in [3.63, 3.8) is 0 Å². The molecule has 146 valence electrons. The third kappa shape index (κ3) is 5.11. The molecule has 0 bridgehead atoms. The molecule has 1 aromatic rings. The van der Waals surface area contributed by atoms with E-state index in [0.29, 0.717) is 13.0 Å². The fraction of sp³-hybridized carbons (Fsp3) is 0.611. The van der Waals surface area contributed by atoms with Crippen LogP contribution in [0, 0.1) is 0 Å². The molecule has 26 heavy (non-hydrogen) atoms. The van der Waals surface area contributed by atoms with Crippen molar-refractivity contribution in [2.75, 3.05) is 31.2 Å². The molecule has 2 aliphatic heterocycles. The first-order valence-electron chi connectivity index (χ1n) is 9.07. The molecule has 0 radical (unpaired) electrons. The van der Waals surface area contributed by atoms with Crippen molar-refractivity contribution in [1.82, 2.24) is 9.62 Å². The molecule has 1 aromatic carbocycles. The van der Waals surface area contributed by atoms with Crippen LogP contribution in [0.5, 0.6) is 0 Å². The number of benzene rings is 1. The van der Waals surface area contributed by atoms with Gasteiger partial charge in [0.25, 0.3) is 5.91 Å². The summed E-state index contributed by atoms with van der Waals surface area (Å²) in [6.45, 7) is 2.08. The number of sulfonamides is 1. The summed E-state index contributed by atoms with van der Waals surface area (Å²) in [4.78, 5) is 15.2. The highest BCUT2D eigenvalue weighted by Crippen LogP contribution is 2.29. The third-order valence-corrected chi connectivity index (χ3v) is 5.78. The van der Waals surface area contributed by atoms with E-state index in [1.807, 2.05) is 23.1 Å². The molecular formula is C18H28ClN3O3S. The van der Waals surface area contributed by atoms with Crippen LogP contribution in [0.25, 0.3) is 0 Å². The number of hydrogen-bond donors (Lipinski definition) is 2. The molecule has 1 saturated heterocycles. The molecule has 1 amide bonds. The first-order chi connectivity index (χ1) is 12.0. The number of fused-ring (bicyclic) bond motifs is 1. The van der Waals surface area contributed by atoms with Gasteiger partial charge in [-0.05, 0) is 56.2 Å². The lowest BCUT2D eigenvalue weighted by Crippen LogP contribution is -2.45. The fourth-order valence-corrected chi connectivity index (χ4v) is 4.33. The summed E-state index contributed by atoms with van der Waals surface area (Å²) in [5.74, 6) is 0.0876. The minimum absolute atomic E-state index is 0. The quantitative estimate of drug-likeness (QED) is 0.794. The zero-order valence-corrected chi connectivity index (χ0v) is 16.8. The number of anilines is 1. The van der Waals surface area contributed by atoms with Gasteiger partial charge >= 0.3 is 0 Å². The summed E-state index contributed by atoms with van der Waals surface area (Å²) >= 11 is 0. The Morgan fingerprint density at radius 1 is 1.31 bits per heavy atom. The number of amides is 1. The zero-order chi connectivity index (χ0) is 17.9. The van der Waals surface area contributed by atoms with Crippen molar-refractivity contribution in [2.45, 2.75) is 44.6 Å². The Bertz CT molecular complexity index is 739. The number of hydrogen-bond acceptors (Lipinski definition) is 4. The van der Waals surface area contributed by atoms with Gasteiger partial charge in [-0.25, -0.2) is 13.1 Å². The van der Waals surface area contributed by atoms with E-state index in [0.717, 1.165) is 62.0 Å². The molecule has 2 aliphatic rings. The summed E-state index contributed by atoms with van der Waals surface area (Å²) in [5, 5.41) is 3.38. The molecule has 0 aliphatic carbocycles. The smallest absolute Gasteiger partial charge is 0.254 e. The molecule has 3 rings (SSSR count). The second-order valence-electron chi connectivity index (χ2n) is 6.97. The minimum atomic E-state index is -3.19. The molecule has 2 N–H and O–H groups in total. The van der Waals surface area contributed by atoms with Gasteiger partial charge in [0.1, 0.15) is 0 Å². The van der Waals surface area contributed by atoms with Gasteiger partial charge in [0.2, 0.25) is 10.0 Å². The first kappa shape index (κ1) is 21.0. The number of rotatable bonds is 5. The number of halogens is 1. The Hall–Kier alpha value is -1.31. The lowest BCUT2D eigenvalue weighted by atomic mass is 9.94. The summed E-state index contributed by atoms with van der Waals surface area (Å²) in [7, 11) is -3.19. The van der Waals surface area contributed by atoms with Crippen LogP contribution in [0.4, 0.5) is 5.69 Å². The van der Waals surface area contributed by atoms with Crippen LogP contribution in [0.3, 0.4) is 0 Å². The Labute approximate surface area is 162 Å². The van der Waals surface area contributed by atoms with E-state index in [1.54, 1.807) is 0 Å². The second-order valence-corrected chi connectivity index (χ2v) is 8.80. The molecular weight excluding hydrogens is 374 g/mol. The maximum absolute atomic E-state index is 13.2. The fourth-order valence-electron chi connectivity index (χ4n) is 3.84. The largest absolute Gasteiger partial charge is 0.385 e. The summed E-state index contributed by atoms with van der Waals surface area (Å²) in [5.41, 5.74) is 2.99. The summed E-state index contributed by atoms with van der Waals surface area (Å²) in [6.07, 6.45) is 6.82. The van der Waals surface area contributed by atoms with Crippen LogP contribution in [-0.2, 0) is 16.4 Å². The highest BCUT2D eigenvalue weighted by molar-refractivity contribution is 7.88. The average Bonchev–Trinajstić information content (AvgIpc) is 2.60. The SMILES string of the molecule is CS(=O)(=O)NCCC1CCCCN1C(=O)c1cccc2c1CCCN2.Cl. The molecule has 0 spiro atoms. The molecule has 8 heteroatoms. The van der Waals surface area contributed by atoms with Crippen molar-refractivity contribution in [1.29, 1.82) is 0 Å². The predicted molar refractivity (Wildman–Crippen MR) is 107 cm³/mol. The van der Waals surface area contributed by atoms with E-state index < -0.39 is 10.0 Å². The number of nitrogens with one attached hydrogen (secondary N) is 2. The minimum Gasteiger partial charge on any atom is -0.385 e. The number of nitrogens with zero attached hydrogens (tertiary/aromatic N) is 1. The third-order valence-electron chi connectivity index (χ3n) is 5.06. The average molecular weight is 402 g/mol.